The molecule has 2 aliphatic rings. The van der Waals surface area contributed by atoms with Gasteiger partial charge in [0.15, 0.2) is 0 Å². The second-order valence-corrected chi connectivity index (χ2v) is 6.48. The minimum atomic E-state index is -0.156. The molecule has 0 spiro atoms. The van der Waals surface area contributed by atoms with Crippen LogP contribution in [0, 0.1) is 5.92 Å². The quantitative estimate of drug-likeness (QED) is 0.926. The van der Waals surface area contributed by atoms with E-state index in [0.29, 0.717) is 12.3 Å². The zero-order chi connectivity index (χ0) is 16.9. The van der Waals surface area contributed by atoms with Gasteiger partial charge in [-0.05, 0) is 37.8 Å². The Balaban J connectivity index is 1.59. The number of benzene rings is 1. The number of methoxy groups -OCH3 is 1. The van der Waals surface area contributed by atoms with Crippen LogP contribution in [0.4, 0.5) is 10.5 Å². The first-order valence-electron chi connectivity index (χ1n) is 8.66. The third kappa shape index (κ3) is 3.80. The van der Waals surface area contributed by atoms with Gasteiger partial charge in [-0.1, -0.05) is 6.07 Å². The number of carbonyl (C=O) groups excluding carboxylic acids is 2. The molecule has 6 heteroatoms. The maximum atomic E-state index is 12.6. The van der Waals surface area contributed by atoms with Crippen LogP contribution < -0.4 is 10.1 Å². The van der Waals surface area contributed by atoms with Crippen molar-refractivity contribution in [2.45, 2.75) is 25.7 Å². The van der Waals surface area contributed by atoms with Crippen LogP contribution in [-0.2, 0) is 4.79 Å². The van der Waals surface area contributed by atoms with Crippen molar-refractivity contribution in [2.24, 2.45) is 5.92 Å². The monoisotopic (exact) mass is 331 g/mol. The van der Waals surface area contributed by atoms with E-state index in [4.69, 9.17) is 4.74 Å². The van der Waals surface area contributed by atoms with Crippen LogP contribution in [-0.4, -0.2) is 55.0 Å². The van der Waals surface area contributed by atoms with Crippen LogP contribution in [0.15, 0.2) is 24.3 Å². The second kappa shape index (κ2) is 7.55. The fraction of sp³-hybridized carbons (Fsp3) is 0.556. The van der Waals surface area contributed by atoms with Crippen molar-refractivity contribution < 1.29 is 14.3 Å². The van der Waals surface area contributed by atoms with Crippen molar-refractivity contribution >= 4 is 17.6 Å². The summed E-state index contributed by atoms with van der Waals surface area (Å²) >= 11 is 0. The highest BCUT2D eigenvalue weighted by Gasteiger charge is 2.31. The molecule has 0 radical (unpaired) electrons. The molecule has 0 saturated carbocycles. The predicted molar refractivity (Wildman–Crippen MR) is 92.1 cm³/mol. The van der Waals surface area contributed by atoms with Crippen LogP contribution in [0.5, 0.6) is 5.75 Å². The number of ether oxygens (including phenoxy) is 1. The number of amides is 3. The number of nitrogens with zero attached hydrogens (tertiary/aromatic N) is 2. The lowest BCUT2D eigenvalue weighted by atomic mass is 9.97. The highest BCUT2D eigenvalue weighted by Crippen LogP contribution is 2.22. The Kier molecular flexibility index (Phi) is 5.23. The maximum absolute atomic E-state index is 12.6. The van der Waals surface area contributed by atoms with Crippen molar-refractivity contribution in [1.82, 2.24) is 9.80 Å². The molecule has 2 fully saturated rings. The van der Waals surface area contributed by atoms with E-state index in [1.807, 2.05) is 28.0 Å². The zero-order valence-corrected chi connectivity index (χ0v) is 14.2. The van der Waals surface area contributed by atoms with E-state index >= 15 is 0 Å². The molecule has 1 unspecified atom stereocenters. The summed E-state index contributed by atoms with van der Waals surface area (Å²) in [5.41, 5.74) is 0.724. The smallest absolute Gasteiger partial charge is 0.320 e. The lowest BCUT2D eigenvalue weighted by molar-refractivity contribution is -0.121. The van der Waals surface area contributed by atoms with Gasteiger partial charge in [0.05, 0.1) is 13.0 Å². The number of piperidine rings is 1. The van der Waals surface area contributed by atoms with Crippen molar-refractivity contribution in [3.05, 3.63) is 24.3 Å². The summed E-state index contributed by atoms with van der Waals surface area (Å²) in [5.74, 6) is 0.529. The van der Waals surface area contributed by atoms with Crippen LogP contribution >= 0.6 is 0 Å². The molecule has 2 saturated heterocycles. The minimum Gasteiger partial charge on any atom is -0.497 e. The summed E-state index contributed by atoms with van der Waals surface area (Å²) in [5, 5.41) is 2.94. The van der Waals surface area contributed by atoms with Gasteiger partial charge in [-0.3, -0.25) is 4.79 Å². The molecule has 2 aliphatic heterocycles. The second-order valence-electron chi connectivity index (χ2n) is 6.48. The van der Waals surface area contributed by atoms with Crippen LogP contribution in [0.3, 0.4) is 0 Å². The summed E-state index contributed by atoms with van der Waals surface area (Å²) in [6, 6.07) is 7.42. The standard InChI is InChI=1S/C18H25N3O3/c1-24-16-8-4-7-15(12-16)19-17(22)14-6-5-11-21(13-14)18(23)20-9-2-3-10-20/h4,7-8,12,14H,2-3,5-6,9-11,13H2,1H3,(H,19,22). The highest BCUT2D eigenvalue weighted by atomic mass is 16.5. The number of nitrogens with one attached hydrogen (secondary N) is 1. The van der Waals surface area contributed by atoms with E-state index in [1.165, 1.54) is 0 Å². The zero-order valence-electron chi connectivity index (χ0n) is 14.2. The first-order chi connectivity index (χ1) is 11.7. The summed E-state index contributed by atoms with van der Waals surface area (Å²) in [7, 11) is 1.60. The molecular weight excluding hydrogens is 306 g/mol. The lowest BCUT2D eigenvalue weighted by Crippen LogP contribution is -2.48. The molecule has 2 heterocycles. The molecule has 1 atom stereocenters. The molecule has 130 valence electrons. The van der Waals surface area contributed by atoms with Crippen molar-refractivity contribution in [3.63, 3.8) is 0 Å². The summed E-state index contributed by atoms with van der Waals surface area (Å²) in [6.45, 7) is 2.94. The Bertz CT molecular complexity index is 599. The maximum Gasteiger partial charge on any atom is 0.320 e. The lowest BCUT2D eigenvalue weighted by Gasteiger charge is -2.34. The van der Waals surface area contributed by atoms with Crippen LogP contribution in [0.25, 0.3) is 0 Å². The molecule has 24 heavy (non-hydrogen) atoms. The average Bonchev–Trinajstić information content (AvgIpc) is 3.16. The molecule has 1 aromatic carbocycles. The van der Waals surface area contributed by atoms with Gasteiger partial charge in [0.2, 0.25) is 5.91 Å². The number of hydrogen-bond acceptors (Lipinski definition) is 3. The molecule has 3 rings (SSSR count). The number of rotatable bonds is 3. The predicted octanol–water partition coefficient (Wildman–Crippen LogP) is 2.56. The van der Waals surface area contributed by atoms with Gasteiger partial charge in [-0.15, -0.1) is 0 Å². The minimum absolute atomic E-state index is 0.0258. The molecular formula is C18H25N3O3. The normalized spacial score (nSPS) is 20.8. The van der Waals surface area contributed by atoms with Crippen molar-refractivity contribution in [2.75, 3.05) is 38.6 Å². The van der Waals surface area contributed by atoms with Gasteiger partial charge < -0.3 is 19.9 Å². The Morgan fingerprint density at radius 3 is 2.62 bits per heavy atom. The number of carbonyl (C=O) groups is 2. The topological polar surface area (TPSA) is 61.9 Å². The molecule has 3 amide bonds. The Labute approximate surface area is 142 Å². The first-order valence-corrected chi connectivity index (χ1v) is 8.66. The van der Waals surface area contributed by atoms with Gasteiger partial charge in [0, 0.05) is 37.9 Å². The van der Waals surface area contributed by atoms with Gasteiger partial charge >= 0.3 is 6.03 Å². The third-order valence-electron chi connectivity index (χ3n) is 4.78. The fourth-order valence-electron chi connectivity index (χ4n) is 3.42. The van der Waals surface area contributed by atoms with E-state index in [9.17, 15) is 9.59 Å². The van der Waals surface area contributed by atoms with Crippen LogP contribution in [0.2, 0.25) is 0 Å². The molecule has 0 bridgehead atoms. The third-order valence-corrected chi connectivity index (χ3v) is 4.78. The highest BCUT2D eigenvalue weighted by molar-refractivity contribution is 5.93. The van der Waals surface area contributed by atoms with E-state index < -0.39 is 0 Å². The SMILES string of the molecule is COc1cccc(NC(=O)C2CCCN(C(=O)N3CCCC3)C2)c1. The van der Waals surface area contributed by atoms with Gasteiger partial charge in [-0.25, -0.2) is 4.79 Å². The van der Waals surface area contributed by atoms with E-state index in [0.717, 1.165) is 51.0 Å². The first kappa shape index (κ1) is 16.6. The van der Waals surface area contributed by atoms with Crippen LogP contribution in [0.1, 0.15) is 25.7 Å². The summed E-state index contributed by atoms with van der Waals surface area (Å²) in [6.07, 6.45) is 3.86. The molecule has 0 aliphatic carbocycles. The van der Waals surface area contributed by atoms with Crippen molar-refractivity contribution in [3.8, 4) is 5.75 Å². The molecule has 1 aromatic rings. The summed E-state index contributed by atoms with van der Waals surface area (Å²) in [4.78, 5) is 28.8. The fourth-order valence-corrected chi connectivity index (χ4v) is 3.42. The molecule has 1 N–H and O–H groups in total. The number of likely N-dealkylation sites (tertiary alicyclic amines) is 2. The van der Waals surface area contributed by atoms with Gasteiger partial charge in [-0.2, -0.15) is 0 Å². The van der Waals surface area contributed by atoms with Gasteiger partial charge in [0.25, 0.3) is 0 Å². The number of urea groups is 1. The van der Waals surface area contributed by atoms with E-state index in [2.05, 4.69) is 5.32 Å². The van der Waals surface area contributed by atoms with Gasteiger partial charge in [0.1, 0.15) is 5.75 Å². The Hall–Kier alpha value is -2.24. The molecule has 6 nitrogen and oxygen atoms in total. The summed E-state index contributed by atoms with van der Waals surface area (Å²) < 4.78 is 5.18. The van der Waals surface area contributed by atoms with E-state index in [1.54, 1.807) is 13.2 Å². The molecule has 0 aromatic heterocycles. The number of hydrogen-bond donors (Lipinski definition) is 1. The van der Waals surface area contributed by atoms with E-state index in [-0.39, 0.29) is 17.9 Å². The largest absolute Gasteiger partial charge is 0.497 e. The van der Waals surface area contributed by atoms with Crippen molar-refractivity contribution in [1.29, 1.82) is 0 Å². The Morgan fingerprint density at radius 2 is 1.88 bits per heavy atom. The number of anilines is 1. The Morgan fingerprint density at radius 1 is 1.12 bits per heavy atom. The average molecular weight is 331 g/mol.